The zero-order chi connectivity index (χ0) is 9.59. The Morgan fingerprint density at radius 2 is 2.14 bits per heavy atom. The van der Waals surface area contributed by atoms with Crippen molar-refractivity contribution in [2.75, 3.05) is 0 Å². The number of aromatic carboxylic acids is 1. The van der Waals surface area contributed by atoms with Gasteiger partial charge < -0.3 is 16.1 Å². The summed E-state index contributed by atoms with van der Waals surface area (Å²) in [5.74, 6) is -1.16. The summed E-state index contributed by atoms with van der Waals surface area (Å²) in [5.41, 5.74) is 0. The molecule has 2 aromatic heterocycles. The van der Waals surface area contributed by atoms with Crippen molar-refractivity contribution in [3.8, 4) is 0 Å². The number of fused-ring (bicyclic) bond motifs is 1. The van der Waals surface area contributed by atoms with Gasteiger partial charge >= 0.3 is 0 Å². The molecule has 2 aromatic rings. The van der Waals surface area contributed by atoms with E-state index in [9.17, 15) is 9.90 Å². The molecule has 0 aromatic carbocycles. The fourth-order valence-electron chi connectivity index (χ4n) is 0.964. The maximum atomic E-state index is 10.6. The van der Waals surface area contributed by atoms with E-state index in [1.165, 1.54) is 22.7 Å². The Morgan fingerprint density at radius 3 is 2.64 bits per heavy atom. The highest BCUT2D eigenvalue weighted by Gasteiger charge is 2.13. The third-order valence-electron chi connectivity index (χ3n) is 1.46. The Morgan fingerprint density at radius 1 is 1.50 bits per heavy atom. The zero-order valence-electron chi connectivity index (χ0n) is 6.97. The molecule has 2 heterocycles. The maximum Gasteiger partial charge on any atom is 0.0949 e. The molecule has 0 spiro atoms. The topological polar surface area (TPSA) is 76.6 Å². The molecule has 0 fully saturated rings. The number of carboxylic acid groups (broad SMARTS) is 1. The Bertz CT molecular complexity index is 493. The fourth-order valence-corrected chi connectivity index (χ4v) is 4.34. The average molecular weight is 315 g/mol. The van der Waals surface area contributed by atoms with Crippen LogP contribution in [0.3, 0.4) is 0 Å². The van der Waals surface area contributed by atoms with Crippen molar-refractivity contribution in [2.24, 2.45) is 0 Å². The number of carbonyl (C=O) groups excluding carboxylic acids is 1. The van der Waals surface area contributed by atoms with Crippen LogP contribution in [0.1, 0.15) is 9.67 Å². The van der Waals surface area contributed by atoms with Gasteiger partial charge in [-0.1, -0.05) is 11.6 Å². The molecule has 14 heavy (non-hydrogen) atoms. The third kappa shape index (κ3) is 1.80. The summed E-state index contributed by atoms with van der Waals surface area (Å²) in [6, 6.07) is 1.75. The highest BCUT2D eigenvalue weighted by Crippen LogP contribution is 2.42. The molecule has 0 aliphatic heterocycles. The lowest BCUT2D eigenvalue weighted by Crippen LogP contribution is -2.21. The second-order valence-electron chi connectivity index (χ2n) is 2.28. The number of hydrogen-bond acceptors (Lipinski definition) is 4. The van der Waals surface area contributed by atoms with Crippen molar-refractivity contribution in [3.63, 3.8) is 0 Å². The van der Waals surface area contributed by atoms with Gasteiger partial charge in [-0.25, -0.2) is 0 Å². The molecular formula is C7H5BrClNO2S2. The maximum absolute atomic E-state index is 10.6. The molecule has 0 bridgehead atoms. The zero-order valence-corrected chi connectivity index (χ0v) is 10.9. The highest BCUT2D eigenvalue weighted by molar-refractivity contribution is 9.10. The van der Waals surface area contributed by atoms with Crippen LogP contribution in [0.25, 0.3) is 9.40 Å². The lowest BCUT2D eigenvalue weighted by molar-refractivity contribution is -0.254. The highest BCUT2D eigenvalue weighted by atomic mass is 79.9. The van der Waals surface area contributed by atoms with Crippen molar-refractivity contribution in [2.45, 2.75) is 0 Å². The molecule has 0 amide bonds. The first-order chi connectivity index (χ1) is 6.09. The SMILES string of the molecule is O=C([O-])c1sc2cc(Cl)sc2c1Br.[NH4+]. The largest absolute Gasteiger partial charge is 0.544 e. The second-order valence-corrected chi connectivity index (χ2v) is 5.81. The Balaban J connectivity index is 0.000000980. The monoisotopic (exact) mass is 313 g/mol. The Kier molecular flexibility index (Phi) is 3.54. The molecule has 0 aliphatic rings. The number of rotatable bonds is 1. The van der Waals surface area contributed by atoms with Gasteiger partial charge in [-0.15, -0.1) is 22.7 Å². The summed E-state index contributed by atoms with van der Waals surface area (Å²) in [6.45, 7) is 0. The summed E-state index contributed by atoms with van der Waals surface area (Å²) in [4.78, 5) is 10.8. The number of thiophene rings is 2. The quantitative estimate of drug-likeness (QED) is 0.878. The van der Waals surface area contributed by atoms with E-state index < -0.39 is 5.97 Å². The van der Waals surface area contributed by atoms with E-state index in [1.54, 1.807) is 6.07 Å². The van der Waals surface area contributed by atoms with E-state index >= 15 is 0 Å². The molecular weight excluding hydrogens is 310 g/mol. The molecule has 76 valence electrons. The van der Waals surface area contributed by atoms with Gasteiger partial charge in [0.15, 0.2) is 0 Å². The minimum absolute atomic E-state index is 0. The number of halogens is 2. The van der Waals surface area contributed by atoms with Gasteiger partial charge in [-0.05, 0) is 22.0 Å². The van der Waals surface area contributed by atoms with Crippen molar-refractivity contribution in [3.05, 3.63) is 19.8 Å². The lowest BCUT2D eigenvalue weighted by Gasteiger charge is -1.96. The predicted octanol–water partition coefficient (Wildman–Crippen LogP) is 3.12. The van der Waals surface area contributed by atoms with Crippen LogP contribution in [-0.2, 0) is 0 Å². The summed E-state index contributed by atoms with van der Waals surface area (Å²) in [7, 11) is 0. The summed E-state index contributed by atoms with van der Waals surface area (Å²) >= 11 is 11.5. The number of carboxylic acids is 1. The summed E-state index contributed by atoms with van der Waals surface area (Å²) in [6.07, 6.45) is 0. The third-order valence-corrected chi connectivity index (χ3v) is 5.31. The van der Waals surface area contributed by atoms with Gasteiger partial charge in [-0.2, -0.15) is 0 Å². The number of carbonyl (C=O) groups is 1. The molecule has 0 saturated heterocycles. The van der Waals surface area contributed by atoms with Crippen LogP contribution >= 0.6 is 50.2 Å². The standard InChI is InChI=1S/C7H2BrClO2S2.H3N/c8-4-5-2(1-3(9)13-5)12-6(4)7(10)11;/h1H,(H,10,11);1H3. The van der Waals surface area contributed by atoms with Crippen LogP contribution in [-0.4, -0.2) is 5.97 Å². The van der Waals surface area contributed by atoms with E-state index in [2.05, 4.69) is 15.9 Å². The van der Waals surface area contributed by atoms with Crippen molar-refractivity contribution >= 4 is 65.6 Å². The molecule has 0 atom stereocenters. The van der Waals surface area contributed by atoms with E-state index in [-0.39, 0.29) is 11.0 Å². The van der Waals surface area contributed by atoms with Crippen molar-refractivity contribution in [1.29, 1.82) is 0 Å². The number of quaternary nitrogens is 1. The lowest BCUT2D eigenvalue weighted by atomic mass is 10.4. The minimum atomic E-state index is -1.16. The van der Waals surface area contributed by atoms with Crippen LogP contribution in [0.15, 0.2) is 10.5 Å². The molecule has 0 aliphatic carbocycles. The normalized spacial score (nSPS) is 10.1. The van der Waals surface area contributed by atoms with E-state index in [0.717, 1.165) is 9.40 Å². The van der Waals surface area contributed by atoms with Crippen LogP contribution in [0, 0.1) is 0 Å². The van der Waals surface area contributed by atoms with Crippen LogP contribution in [0.5, 0.6) is 0 Å². The smallest absolute Gasteiger partial charge is 0.0949 e. The van der Waals surface area contributed by atoms with Gasteiger partial charge in [0.1, 0.15) is 0 Å². The van der Waals surface area contributed by atoms with Gasteiger partial charge in [0.2, 0.25) is 0 Å². The molecule has 3 nitrogen and oxygen atoms in total. The summed E-state index contributed by atoms with van der Waals surface area (Å²) in [5, 5.41) is 10.6. The first-order valence-corrected chi connectivity index (χ1v) is 5.98. The van der Waals surface area contributed by atoms with Crippen molar-refractivity contribution < 1.29 is 9.90 Å². The van der Waals surface area contributed by atoms with Gasteiger partial charge in [-0.3, -0.25) is 0 Å². The minimum Gasteiger partial charge on any atom is -0.544 e. The Hall–Kier alpha value is -0.140. The van der Waals surface area contributed by atoms with Gasteiger partial charge in [0, 0.05) is 4.70 Å². The first-order valence-electron chi connectivity index (χ1n) is 3.18. The average Bonchev–Trinajstić information content (AvgIpc) is 2.51. The van der Waals surface area contributed by atoms with Crippen LogP contribution < -0.4 is 11.3 Å². The fraction of sp³-hybridized carbons (Fsp3) is 0. The molecule has 7 heteroatoms. The molecule has 0 unspecified atom stereocenters. The second kappa shape index (κ2) is 4.16. The van der Waals surface area contributed by atoms with Gasteiger partial charge in [0.05, 0.1) is 24.4 Å². The number of hydrogen-bond donors (Lipinski definition) is 1. The molecule has 2 rings (SSSR count). The van der Waals surface area contributed by atoms with E-state index in [4.69, 9.17) is 11.6 Å². The first kappa shape index (κ1) is 11.9. The molecule has 0 radical (unpaired) electrons. The molecule has 4 N–H and O–H groups in total. The van der Waals surface area contributed by atoms with Crippen LogP contribution in [0.4, 0.5) is 0 Å². The van der Waals surface area contributed by atoms with Crippen LogP contribution in [0.2, 0.25) is 4.34 Å². The Labute approximate surface area is 101 Å². The van der Waals surface area contributed by atoms with E-state index in [0.29, 0.717) is 8.81 Å². The van der Waals surface area contributed by atoms with Gasteiger partial charge in [0.25, 0.3) is 0 Å². The van der Waals surface area contributed by atoms with Crippen molar-refractivity contribution in [1.82, 2.24) is 6.15 Å². The predicted molar refractivity (Wildman–Crippen MR) is 62.7 cm³/mol. The molecule has 0 saturated carbocycles. The summed E-state index contributed by atoms with van der Waals surface area (Å²) < 4.78 is 2.98. The van der Waals surface area contributed by atoms with E-state index in [1.807, 2.05) is 0 Å².